The molecule has 0 aliphatic heterocycles. The molecule has 0 saturated heterocycles. The lowest BCUT2D eigenvalue weighted by Crippen LogP contribution is -2.44. The molecule has 0 aliphatic rings. The molecule has 0 fully saturated rings. The maximum absolute atomic E-state index is 14.3. The molecule has 1 aromatic heterocycles. The number of hydrogen-bond donors (Lipinski definition) is 0. The van der Waals surface area contributed by atoms with Crippen LogP contribution in [0.2, 0.25) is 5.02 Å². The van der Waals surface area contributed by atoms with Gasteiger partial charge in [-0.25, -0.2) is 4.79 Å². The Balaban J connectivity index is 2.22. The average molecular weight is 463 g/mol. The second kappa shape index (κ2) is 6.71. The molecule has 3 aromatic rings. The molecule has 2 aromatic carbocycles. The van der Waals surface area contributed by atoms with Crippen LogP contribution >= 0.6 is 27.5 Å². The third-order valence-electron chi connectivity index (χ3n) is 5.28. The number of rotatable bonds is 3. The summed E-state index contributed by atoms with van der Waals surface area (Å²) >= 11 is 9.49. The van der Waals surface area contributed by atoms with Crippen LogP contribution < -0.4 is 5.76 Å². The van der Waals surface area contributed by atoms with E-state index < -0.39 is 23.3 Å². The van der Waals surface area contributed by atoms with Crippen molar-refractivity contribution in [2.75, 3.05) is 0 Å². The number of nitrogens with zero attached hydrogens (tertiary/aromatic N) is 1. The number of fused-ring (bicyclic) bond motifs is 1. The smallest absolute Gasteiger partial charge is 0.408 e. The Hall–Kier alpha value is -1.73. The number of hydrogen-bond acceptors (Lipinski definition) is 2. The fourth-order valence-corrected chi connectivity index (χ4v) is 4.12. The highest BCUT2D eigenvalue weighted by molar-refractivity contribution is 9.10. The lowest BCUT2D eigenvalue weighted by atomic mass is 9.69. The van der Waals surface area contributed by atoms with E-state index in [9.17, 15) is 18.0 Å². The Morgan fingerprint density at radius 3 is 2.44 bits per heavy atom. The lowest BCUT2D eigenvalue weighted by Gasteiger charge is -2.38. The molecule has 0 spiro atoms. The maximum atomic E-state index is 14.3. The van der Waals surface area contributed by atoms with Gasteiger partial charge >= 0.3 is 11.9 Å². The van der Waals surface area contributed by atoms with Crippen LogP contribution in [0.1, 0.15) is 30.9 Å². The van der Waals surface area contributed by atoms with Crippen LogP contribution in [0.25, 0.3) is 11.1 Å². The van der Waals surface area contributed by atoms with E-state index in [1.54, 1.807) is 18.2 Å². The predicted molar refractivity (Wildman–Crippen MR) is 102 cm³/mol. The molecule has 0 saturated carbocycles. The van der Waals surface area contributed by atoms with Gasteiger partial charge in [0.1, 0.15) is 0 Å². The second-order valence-electron chi connectivity index (χ2n) is 6.70. The van der Waals surface area contributed by atoms with Crippen LogP contribution in [0.5, 0.6) is 0 Å². The molecule has 0 amide bonds. The first-order valence-corrected chi connectivity index (χ1v) is 9.25. The Kier molecular flexibility index (Phi) is 4.97. The number of benzene rings is 2. The topological polar surface area (TPSA) is 35.1 Å². The quantitative estimate of drug-likeness (QED) is 0.466. The van der Waals surface area contributed by atoms with Crippen molar-refractivity contribution >= 4 is 38.6 Å². The van der Waals surface area contributed by atoms with Gasteiger partial charge in [0.25, 0.3) is 0 Å². The van der Waals surface area contributed by atoms with Crippen molar-refractivity contribution in [2.45, 2.75) is 31.4 Å². The zero-order valence-electron chi connectivity index (χ0n) is 14.7. The Bertz CT molecular complexity index is 1070. The SMILES string of the molecule is C[C@H](c1ccc(Br)cc1Cl)[C@@](C)(c1ccc2c(c1)oc(=O)n2C)C(F)(F)F. The Labute approximate surface area is 166 Å². The number of aryl methyl sites for hydroxylation is 1. The molecule has 3 nitrogen and oxygen atoms in total. The molecule has 0 bridgehead atoms. The minimum atomic E-state index is -4.56. The summed E-state index contributed by atoms with van der Waals surface area (Å²) in [5, 5.41) is 0.250. The fraction of sp³-hybridized carbons (Fsp3) is 0.316. The summed E-state index contributed by atoms with van der Waals surface area (Å²) in [6, 6.07) is 8.96. The van der Waals surface area contributed by atoms with E-state index in [1.165, 1.54) is 36.7 Å². The molecule has 8 heteroatoms. The molecule has 1 heterocycles. The molecule has 2 atom stereocenters. The summed E-state index contributed by atoms with van der Waals surface area (Å²) in [5.74, 6) is -1.61. The van der Waals surface area contributed by atoms with Crippen molar-refractivity contribution in [3.8, 4) is 0 Å². The monoisotopic (exact) mass is 461 g/mol. The molecule has 27 heavy (non-hydrogen) atoms. The van der Waals surface area contributed by atoms with E-state index in [0.29, 0.717) is 15.6 Å². The number of alkyl halides is 3. The van der Waals surface area contributed by atoms with Crippen molar-refractivity contribution < 1.29 is 17.6 Å². The van der Waals surface area contributed by atoms with Crippen molar-refractivity contribution in [1.29, 1.82) is 0 Å². The molecule has 0 aliphatic carbocycles. The summed E-state index contributed by atoms with van der Waals surface area (Å²) in [5.41, 5.74) is -1.31. The maximum Gasteiger partial charge on any atom is 0.419 e. The Morgan fingerprint density at radius 1 is 1.19 bits per heavy atom. The van der Waals surface area contributed by atoms with Crippen molar-refractivity contribution in [2.24, 2.45) is 7.05 Å². The van der Waals surface area contributed by atoms with Crippen LogP contribution in [-0.4, -0.2) is 10.7 Å². The molecule has 0 radical (unpaired) electrons. The normalized spacial score (nSPS) is 15.7. The predicted octanol–water partition coefficient (Wildman–Crippen LogP) is 6.17. The Morgan fingerprint density at radius 2 is 1.85 bits per heavy atom. The van der Waals surface area contributed by atoms with Gasteiger partial charge in [-0.2, -0.15) is 13.2 Å². The summed E-state index contributed by atoms with van der Waals surface area (Å²) in [6.07, 6.45) is -4.56. The number of halogens is 5. The highest BCUT2D eigenvalue weighted by Gasteiger charge is 2.56. The van der Waals surface area contributed by atoms with Crippen molar-refractivity contribution in [1.82, 2.24) is 4.57 Å². The van der Waals surface area contributed by atoms with Crippen LogP contribution in [0.4, 0.5) is 13.2 Å². The molecular weight excluding hydrogens is 447 g/mol. The van der Waals surface area contributed by atoms with Crippen molar-refractivity contribution in [3.05, 3.63) is 67.6 Å². The third-order valence-corrected chi connectivity index (χ3v) is 6.10. The molecule has 3 rings (SSSR count). The first kappa shape index (κ1) is 20.0. The van der Waals surface area contributed by atoms with E-state index >= 15 is 0 Å². The standard InChI is InChI=1S/C19H16BrClF3NO2/c1-10(13-6-5-12(20)9-14(13)21)18(2,19(22,23)24)11-4-7-15-16(8-11)27-17(26)25(15)3/h4-10H,1-3H3/t10-,18+/m1/s1. The lowest BCUT2D eigenvalue weighted by molar-refractivity contribution is -0.191. The van der Waals surface area contributed by atoms with Gasteiger partial charge in [-0.1, -0.05) is 46.6 Å². The third kappa shape index (κ3) is 3.21. The summed E-state index contributed by atoms with van der Waals surface area (Å²) < 4.78 is 49.8. The largest absolute Gasteiger partial charge is 0.419 e. The zero-order valence-corrected chi connectivity index (χ0v) is 17.0. The van der Waals surface area contributed by atoms with E-state index in [2.05, 4.69) is 15.9 Å². The van der Waals surface area contributed by atoms with Gasteiger partial charge < -0.3 is 4.42 Å². The number of aromatic nitrogens is 1. The highest BCUT2D eigenvalue weighted by Crippen LogP contribution is 2.51. The van der Waals surface area contributed by atoms with E-state index in [0.717, 1.165) is 6.92 Å². The van der Waals surface area contributed by atoms with Gasteiger partial charge in [-0.3, -0.25) is 4.57 Å². The van der Waals surface area contributed by atoms with Gasteiger partial charge in [0, 0.05) is 22.5 Å². The van der Waals surface area contributed by atoms with Crippen LogP contribution in [-0.2, 0) is 12.5 Å². The van der Waals surface area contributed by atoms with Gasteiger partial charge in [-0.15, -0.1) is 0 Å². The molecule has 144 valence electrons. The molecule has 0 unspecified atom stereocenters. The van der Waals surface area contributed by atoms with Gasteiger partial charge in [0.05, 0.1) is 10.9 Å². The number of oxazole rings is 1. The summed E-state index contributed by atoms with van der Waals surface area (Å²) in [6.45, 7) is 2.63. The molecular formula is C19H16BrClF3NO2. The average Bonchev–Trinajstić information content (AvgIpc) is 2.86. The second-order valence-corrected chi connectivity index (χ2v) is 8.02. The fourth-order valence-electron chi connectivity index (χ4n) is 3.28. The highest BCUT2D eigenvalue weighted by atomic mass is 79.9. The van der Waals surface area contributed by atoms with Crippen LogP contribution in [0.3, 0.4) is 0 Å². The zero-order chi connectivity index (χ0) is 20.1. The van der Waals surface area contributed by atoms with Gasteiger partial charge in [0.2, 0.25) is 0 Å². The molecule has 0 N–H and O–H groups in total. The van der Waals surface area contributed by atoms with Crippen molar-refractivity contribution in [3.63, 3.8) is 0 Å². The van der Waals surface area contributed by atoms with E-state index in [-0.39, 0.29) is 16.2 Å². The van der Waals surface area contributed by atoms with Gasteiger partial charge in [-0.05, 0) is 42.3 Å². The van der Waals surface area contributed by atoms with E-state index in [1.807, 2.05) is 0 Å². The minimum Gasteiger partial charge on any atom is -0.408 e. The van der Waals surface area contributed by atoms with Crippen LogP contribution in [0.15, 0.2) is 50.1 Å². The summed E-state index contributed by atoms with van der Waals surface area (Å²) in [7, 11) is 1.50. The van der Waals surface area contributed by atoms with E-state index in [4.69, 9.17) is 16.0 Å². The first-order valence-electron chi connectivity index (χ1n) is 8.08. The first-order chi connectivity index (χ1) is 12.5. The van der Waals surface area contributed by atoms with Gasteiger partial charge in [0.15, 0.2) is 5.58 Å². The van der Waals surface area contributed by atoms with Crippen LogP contribution in [0, 0.1) is 0 Å². The minimum absolute atomic E-state index is 0.00309. The summed E-state index contributed by atoms with van der Waals surface area (Å²) in [4.78, 5) is 11.7.